The lowest BCUT2D eigenvalue weighted by molar-refractivity contribution is -0.297. The molecule has 4 rings (SSSR count). The van der Waals surface area contributed by atoms with Gasteiger partial charge in [-0.3, -0.25) is 4.79 Å². The lowest BCUT2D eigenvalue weighted by Gasteiger charge is -2.50. The molecule has 0 radical (unpaired) electrons. The van der Waals surface area contributed by atoms with Gasteiger partial charge in [0.25, 0.3) is 5.91 Å². The number of aliphatic imine (C=N–C) groups is 1. The Kier molecular flexibility index (Phi) is 10.0. The van der Waals surface area contributed by atoms with Crippen LogP contribution in [0, 0.1) is 5.92 Å². The summed E-state index contributed by atoms with van der Waals surface area (Å²) in [5.74, 6) is -1.04. The Morgan fingerprint density at radius 1 is 1.21 bits per heavy atom. The van der Waals surface area contributed by atoms with Crippen LogP contribution in [0.15, 0.2) is 16.8 Å². The van der Waals surface area contributed by atoms with Crippen LogP contribution in [0.1, 0.15) is 33.1 Å². The normalized spacial score (nSPS) is 45.4. The molecule has 4 aliphatic rings. The van der Waals surface area contributed by atoms with Gasteiger partial charge in [-0.1, -0.05) is 6.92 Å². The van der Waals surface area contributed by atoms with Crippen molar-refractivity contribution < 1.29 is 39.4 Å². The predicted molar refractivity (Wildman–Crippen MR) is 151 cm³/mol. The van der Waals surface area contributed by atoms with Crippen molar-refractivity contribution in [3.05, 3.63) is 11.8 Å². The van der Waals surface area contributed by atoms with E-state index in [1.165, 1.54) is 6.92 Å². The van der Waals surface area contributed by atoms with E-state index < -0.39 is 83.9 Å². The van der Waals surface area contributed by atoms with Crippen LogP contribution in [0.5, 0.6) is 0 Å². The van der Waals surface area contributed by atoms with Gasteiger partial charge in [-0.2, -0.15) is 0 Å². The molecule has 16 heteroatoms. The Labute approximate surface area is 245 Å². The van der Waals surface area contributed by atoms with Gasteiger partial charge >= 0.3 is 0 Å². The van der Waals surface area contributed by atoms with Crippen molar-refractivity contribution in [3.63, 3.8) is 0 Å². The third-order valence-electron chi connectivity index (χ3n) is 8.75. The fourth-order valence-corrected chi connectivity index (χ4v) is 6.31. The second kappa shape index (κ2) is 12.9. The van der Waals surface area contributed by atoms with Gasteiger partial charge in [-0.05, 0) is 39.4 Å². The van der Waals surface area contributed by atoms with Crippen LogP contribution in [-0.2, 0) is 19.0 Å². The van der Waals surface area contributed by atoms with E-state index in [1.54, 1.807) is 7.05 Å². The number of likely N-dealkylation sites (N-methyl/N-ethyl adjacent to an activating group) is 2. The summed E-state index contributed by atoms with van der Waals surface area (Å²) in [6.45, 7) is 4.55. The zero-order valence-electron chi connectivity index (χ0n) is 24.3. The van der Waals surface area contributed by atoms with E-state index in [9.17, 15) is 25.2 Å². The summed E-state index contributed by atoms with van der Waals surface area (Å²) in [7, 11) is 1.59. The summed E-state index contributed by atoms with van der Waals surface area (Å²) in [4.78, 5) is 17.1. The standard InChI is InChI=1S/C26H48N8O8/c1-4-32-9-11-5-6-12(27)19(41-11)16-13(28)7-14(33-23(37)26(39)8-15(26)34-24(29)30)20(17(16)35)42-22-18(36)21(31-3)25(2,38)10-40-22/h5,12-22,31-32,35-36,38-39H,4,6-10,27-28H2,1-3H3,(H,33,37)(H4,29,30,34)/t12-,13+,14-,15?,16?,17+,18-,19+,20+,21-,22-,25+,26?/m1/s1. The van der Waals surface area contributed by atoms with E-state index in [4.69, 9.17) is 37.1 Å². The molecular weight excluding hydrogens is 552 g/mol. The highest BCUT2D eigenvalue weighted by Gasteiger charge is 2.61. The first-order chi connectivity index (χ1) is 19.7. The molecule has 3 fully saturated rings. The molecule has 2 heterocycles. The highest BCUT2D eigenvalue weighted by Crippen LogP contribution is 2.41. The van der Waals surface area contributed by atoms with Gasteiger partial charge in [0.2, 0.25) is 0 Å². The molecule has 2 saturated carbocycles. The van der Waals surface area contributed by atoms with Crippen LogP contribution in [0.2, 0.25) is 0 Å². The molecule has 15 N–H and O–H groups in total. The number of hydrogen-bond donors (Lipinski definition) is 11. The quantitative estimate of drug-likeness (QED) is 0.0827. The third-order valence-corrected chi connectivity index (χ3v) is 8.75. The van der Waals surface area contributed by atoms with E-state index in [0.717, 1.165) is 6.54 Å². The van der Waals surface area contributed by atoms with Gasteiger partial charge in [0.1, 0.15) is 29.7 Å². The first-order valence-corrected chi connectivity index (χ1v) is 14.5. The molecule has 1 saturated heterocycles. The average molecular weight is 601 g/mol. The van der Waals surface area contributed by atoms with Gasteiger partial charge in [-0.25, -0.2) is 4.99 Å². The number of ether oxygens (including phenoxy) is 3. The molecule has 0 aromatic carbocycles. The minimum Gasteiger partial charge on any atom is -0.492 e. The maximum absolute atomic E-state index is 13.2. The van der Waals surface area contributed by atoms with E-state index >= 15 is 0 Å². The Morgan fingerprint density at radius 3 is 2.57 bits per heavy atom. The molecule has 2 aliphatic carbocycles. The molecule has 42 heavy (non-hydrogen) atoms. The largest absolute Gasteiger partial charge is 0.492 e. The number of nitrogens with one attached hydrogen (secondary N) is 3. The van der Waals surface area contributed by atoms with Crippen LogP contribution in [-0.4, -0.2) is 131 Å². The third kappa shape index (κ3) is 6.67. The van der Waals surface area contributed by atoms with Crippen molar-refractivity contribution >= 4 is 11.9 Å². The summed E-state index contributed by atoms with van der Waals surface area (Å²) in [5.41, 5.74) is 20.7. The van der Waals surface area contributed by atoms with Gasteiger partial charge < -0.3 is 73.5 Å². The van der Waals surface area contributed by atoms with Crippen molar-refractivity contribution in [2.45, 2.75) is 105 Å². The van der Waals surface area contributed by atoms with Crippen molar-refractivity contribution in [3.8, 4) is 0 Å². The van der Waals surface area contributed by atoms with Crippen molar-refractivity contribution in [2.75, 3.05) is 26.7 Å². The van der Waals surface area contributed by atoms with E-state index in [1.807, 2.05) is 13.0 Å². The van der Waals surface area contributed by atoms with Crippen molar-refractivity contribution in [1.29, 1.82) is 0 Å². The molecule has 13 atom stereocenters. The lowest BCUT2D eigenvalue weighted by atomic mass is 9.72. The maximum atomic E-state index is 13.2. The summed E-state index contributed by atoms with van der Waals surface area (Å²) in [5, 5.41) is 53.2. The Morgan fingerprint density at radius 2 is 1.93 bits per heavy atom. The minimum absolute atomic E-state index is 0.0151. The number of aliphatic hydroxyl groups excluding tert-OH is 2. The summed E-state index contributed by atoms with van der Waals surface area (Å²) in [6, 6.07) is -3.70. The first-order valence-electron chi connectivity index (χ1n) is 14.5. The Bertz CT molecular complexity index is 1030. The number of carbonyl (C=O) groups is 1. The fourth-order valence-electron chi connectivity index (χ4n) is 6.31. The Hall–Kier alpha value is -2.12. The monoisotopic (exact) mass is 600 g/mol. The minimum atomic E-state index is -1.84. The SMILES string of the molecule is CCNCC1=CC[C@@H](N)[C@@H](C2[C@@H](N)C[C@@H](NC(=O)C3(O)CC3N=C(N)N)[C@H](O[C@H]3OC[C@](C)(O)[C@H](NC)[C@H]3O)[C@H]2O)O1. The second-order valence-electron chi connectivity index (χ2n) is 12.1. The van der Waals surface area contributed by atoms with Gasteiger partial charge in [-0.15, -0.1) is 0 Å². The number of rotatable bonds is 10. The second-order valence-corrected chi connectivity index (χ2v) is 12.1. The van der Waals surface area contributed by atoms with Gasteiger partial charge in [0, 0.05) is 24.4 Å². The van der Waals surface area contributed by atoms with Gasteiger partial charge in [0.15, 0.2) is 17.9 Å². The topological polar surface area (TPSA) is 278 Å². The molecular formula is C26H48N8O8. The summed E-state index contributed by atoms with van der Waals surface area (Å²) < 4.78 is 18.1. The Balaban J connectivity index is 1.58. The maximum Gasteiger partial charge on any atom is 0.254 e. The average Bonchev–Trinajstić information content (AvgIpc) is 3.57. The molecule has 3 unspecified atom stereocenters. The van der Waals surface area contributed by atoms with Gasteiger partial charge in [0.05, 0.1) is 37.4 Å². The number of nitrogens with zero attached hydrogens (tertiary/aromatic N) is 1. The molecule has 0 bridgehead atoms. The van der Waals surface area contributed by atoms with E-state index in [2.05, 4.69) is 20.9 Å². The molecule has 2 aliphatic heterocycles. The molecule has 0 aromatic heterocycles. The zero-order chi connectivity index (χ0) is 31.0. The fraction of sp³-hybridized carbons (Fsp3) is 0.846. The van der Waals surface area contributed by atoms with Crippen LogP contribution >= 0.6 is 0 Å². The molecule has 16 nitrogen and oxygen atoms in total. The number of aliphatic hydroxyl groups is 4. The highest BCUT2D eigenvalue weighted by molar-refractivity contribution is 5.90. The number of guanidine groups is 1. The van der Waals surface area contributed by atoms with E-state index in [0.29, 0.717) is 18.7 Å². The zero-order valence-corrected chi connectivity index (χ0v) is 24.3. The van der Waals surface area contributed by atoms with Crippen LogP contribution in [0.4, 0.5) is 0 Å². The number of amides is 1. The smallest absolute Gasteiger partial charge is 0.254 e. The van der Waals surface area contributed by atoms with Crippen LogP contribution < -0.4 is 38.9 Å². The lowest BCUT2D eigenvalue weighted by Crippen LogP contribution is -2.69. The van der Waals surface area contributed by atoms with Crippen LogP contribution in [0.3, 0.4) is 0 Å². The van der Waals surface area contributed by atoms with E-state index in [-0.39, 0.29) is 25.4 Å². The number of carbonyl (C=O) groups excluding carboxylic acids is 1. The van der Waals surface area contributed by atoms with Crippen LogP contribution in [0.25, 0.3) is 0 Å². The molecule has 1 amide bonds. The predicted octanol–water partition coefficient (Wildman–Crippen LogP) is -4.99. The number of nitrogens with two attached hydrogens (primary N) is 4. The first kappa shape index (κ1) is 32.8. The molecule has 240 valence electrons. The van der Waals surface area contributed by atoms with Crippen molar-refractivity contribution in [1.82, 2.24) is 16.0 Å². The van der Waals surface area contributed by atoms with Crippen molar-refractivity contribution in [2.24, 2.45) is 33.8 Å². The summed E-state index contributed by atoms with van der Waals surface area (Å²) in [6.07, 6.45) is -3.23. The summed E-state index contributed by atoms with van der Waals surface area (Å²) >= 11 is 0. The molecule has 0 spiro atoms. The number of hydrogen-bond acceptors (Lipinski definition) is 13. The molecule has 0 aromatic rings. The highest BCUT2D eigenvalue weighted by atomic mass is 16.7.